The lowest BCUT2D eigenvalue weighted by Gasteiger charge is -2.04. The van der Waals surface area contributed by atoms with Gasteiger partial charge in [0, 0.05) is 6.42 Å². The molecular formula is C15H10N4O2. The number of rotatable bonds is 2. The van der Waals surface area contributed by atoms with E-state index in [9.17, 15) is 0 Å². The zero-order valence-electron chi connectivity index (χ0n) is 10.9. The molecule has 0 saturated heterocycles. The number of nitrogens with zero attached hydrogens (tertiary/aromatic N) is 3. The van der Waals surface area contributed by atoms with Crippen molar-refractivity contribution >= 4 is 0 Å². The van der Waals surface area contributed by atoms with Gasteiger partial charge in [-0.1, -0.05) is 23.4 Å². The molecule has 1 atom stereocenters. The van der Waals surface area contributed by atoms with Crippen LogP contribution in [0.3, 0.4) is 0 Å². The smallest absolute Gasteiger partial charge is 0.274 e. The molecule has 1 N–H and O–H groups in total. The van der Waals surface area contributed by atoms with Gasteiger partial charge in [-0.2, -0.15) is 10.2 Å². The molecule has 6 heteroatoms. The highest BCUT2D eigenvalue weighted by Crippen LogP contribution is 2.35. The first-order valence-corrected chi connectivity index (χ1v) is 6.51. The normalized spacial score (nSPS) is 16.2. The zero-order chi connectivity index (χ0) is 14.2. The molecule has 3 heterocycles. The average molecular weight is 278 g/mol. The Kier molecular flexibility index (Phi) is 2.51. The van der Waals surface area contributed by atoms with Crippen molar-refractivity contribution in [2.45, 2.75) is 12.5 Å². The molecule has 0 aliphatic carbocycles. The third kappa shape index (κ3) is 1.96. The number of benzene rings is 1. The molecule has 0 spiro atoms. The molecule has 4 rings (SSSR count). The number of aromatic nitrogens is 3. The summed E-state index contributed by atoms with van der Waals surface area (Å²) in [4.78, 5) is 7.25. The average Bonchev–Trinajstić information content (AvgIpc) is 3.24. The summed E-state index contributed by atoms with van der Waals surface area (Å²) in [7, 11) is 0. The maximum absolute atomic E-state index is 8.81. The molecule has 0 amide bonds. The monoisotopic (exact) mass is 278 g/mol. The molecule has 0 saturated carbocycles. The first-order chi connectivity index (χ1) is 10.3. The summed E-state index contributed by atoms with van der Waals surface area (Å²) in [5.41, 5.74) is 2.22. The van der Waals surface area contributed by atoms with Crippen LogP contribution in [-0.4, -0.2) is 15.1 Å². The predicted octanol–water partition coefficient (Wildman–Crippen LogP) is 2.61. The summed E-state index contributed by atoms with van der Waals surface area (Å²) >= 11 is 0. The van der Waals surface area contributed by atoms with Gasteiger partial charge in [0.1, 0.15) is 23.2 Å². The van der Waals surface area contributed by atoms with E-state index in [-0.39, 0.29) is 6.10 Å². The van der Waals surface area contributed by atoms with Crippen LogP contribution in [0, 0.1) is 11.3 Å². The van der Waals surface area contributed by atoms with E-state index in [0.717, 1.165) is 17.7 Å². The van der Waals surface area contributed by atoms with Crippen LogP contribution >= 0.6 is 0 Å². The molecule has 1 aliphatic rings. The predicted molar refractivity (Wildman–Crippen MR) is 72.3 cm³/mol. The van der Waals surface area contributed by atoms with Gasteiger partial charge < -0.3 is 14.2 Å². The second kappa shape index (κ2) is 4.49. The molecule has 0 radical (unpaired) electrons. The Labute approximate surface area is 120 Å². The summed E-state index contributed by atoms with van der Waals surface area (Å²) in [5, 5.41) is 12.8. The van der Waals surface area contributed by atoms with Gasteiger partial charge in [-0.25, -0.2) is 0 Å². The van der Waals surface area contributed by atoms with Crippen LogP contribution in [0.5, 0.6) is 5.75 Å². The molecular weight excluding hydrogens is 268 g/mol. The van der Waals surface area contributed by atoms with Crippen molar-refractivity contribution in [2.24, 2.45) is 0 Å². The lowest BCUT2D eigenvalue weighted by molar-refractivity contribution is 0.221. The fourth-order valence-electron chi connectivity index (χ4n) is 2.39. The number of fused-ring (bicyclic) bond motifs is 1. The Morgan fingerprint density at radius 2 is 2.14 bits per heavy atom. The fourth-order valence-corrected chi connectivity index (χ4v) is 2.39. The van der Waals surface area contributed by atoms with Gasteiger partial charge in [0.05, 0.1) is 0 Å². The minimum atomic E-state index is -0.231. The molecule has 3 aromatic rings. The summed E-state index contributed by atoms with van der Waals surface area (Å²) < 4.78 is 11.1. The van der Waals surface area contributed by atoms with Gasteiger partial charge in [0.25, 0.3) is 5.89 Å². The van der Waals surface area contributed by atoms with E-state index < -0.39 is 0 Å². The van der Waals surface area contributed by atoms with Crippen LogP contribution < -0.4 is 4.74 Å². The Morgan fingerprint density at radius 3 is 2.95 bits per heavy atom. The zero-order valence-corrected chi connectivity index (χ0v) is 10.9. The number of H-pyrrole nitrogens is 1. The number of nitrogens with one attached hydrogen (secondary N) is 1. The first kappa shape index (κ1) is 11.7. The quantitative estimate of drug-likeness (QED) is 0.778. The summed E-state index contributed by atoms with van der Waals surface area (Å²) in [6.45, 7) is 0. The van der Waals surface area contributed by atoms with Crippen LogP contribution in [0.2, 0.25) is 0 Å². The molecule has 0 fully saturated rings. The van der Waals surface area contributed by atoms with Gasteiger partial charge >= 0.3 is 0 Å². The van der Waals surface area contributed by atoms with E-state index in [1.807, 2.05) is 30.3 Å². The van der Waals surface area contributed by atoms with Crippen molar-refractivity contribution in [3.8, 4) is 23.4 Å². The minimum absolute atomic E-state index is 0.231. The van der Waals surface area contributed by atoms with Crippen molar-refractivity contribution in [3.63, 3.8) is 0 Å². The van der Waals surface area contributed by atoms with Gasteiger partial charge in [-0.15, -0.1) is 0 Å². The van der Waals surface area contributed by atoms with E-state index in [1.165, 1.54) is 0 Å². The van der Waals surface area contributed by atoms with Crippen molar-refractivity contribution in [2.75, 3.05) is 0 Å². The van der Waals surface area contributed by atoms with Gasteiger partial charge in [-0.3, -0.25) is 0 Å². The van der Waals surface area contributed by atoms with E-state index in [2.05, 4.69) is 15.1 Å². The minimum Gasteiger partial charge on any atom is -0.482 e. The van der Waals surface area contributed by atoms with Gasteiger partial charge in [-0.05, 0) is 23.8 Å². The number of para-hydroxylation sites is 1. The van der Waals surface area contributed by atoms with Gasteiger partial charge in [0.15, 0.2) is 6.10 Å². The van der Waals surface area contributed by atoms with E-state index in [4.69, 9.17) is 14.5 Å². The highest BCUT2D eigenvalue weighted by molar-refractivity contribution is 5.50. The Morgan fingerprint density at radius 1 is 1.24 bits per heavy atom. The molecule has 1 aromatic carbocycles. The largest absolute Gasteiger partial charge is 0.482 e. The summed E-state index contributed by atoms with van der Waals surface area (Å²) in [6.07, 6.45) is 0.494. The third-order valence-electron chi connectivity index (χ3n) is 3.41. The van der Waals surface area contributed by atoms with Gasteiger partial charge in [0.2, 0.25) is 5.82 Å². The van der Waals surface area contributed by atoms with Crippen LogP contribution in [0.4, 0.5) is 0 Å². The molecule has 102 valence electrons. The maximum Gasteiger partial charge on any atom is 0.274 e. The second-order valence-electron chi connectivity index (χ2n) is 4.77. The molecule has 6 nitrogen and oxygen atoms in total. The highest BCUT2D eigenvalue weighted by atomic mass is 16.5. The van der Waals surface area contributed by atoms with Crippen molar-refractivity contribution < 1.29 is 9.26 Å². The van der Waals surface area contributed by atoms with Crippen LogP contribution in [0.15, 0.2) is 40.9 Å². The molecule has 1 aliphatic heterocycles. The Hall–Kier alpha value is -3.07. The topological polar surface area (TPSA) is 87.7 Å². The lowest BCUT2D eigenvalue weighted by Crippen LogP contribution is -2.05. The van der Waals surface area contributed by atoms with Crippen molar-refractivity contribution in [1.82, 2.24) is 15.1 Å². The number of aromatic amines is 1. The standard InChI is InChI=1S/C15H10N4O2/c16-8-10-5-6-11(17-10)15-18-14(19-21-15)13-7-9-3-1-2-4-12(9)20-13/h1-6,13,17H,7H2. The molecule has 2 aromatic heterocycles. The van der Waals surface area contributed by atoms with Crippen LogP contribution in [0.1, 0.15) is 23.2 Å². The number of hydrogen-bond acceptors (Lipinski definition) is 5. The third-order valence-corrected chi connectivity index (χ3v) is 3.41. The summed E-state index contributed by atoms with van der Waals surface area (Å²) in [5.74, 6) is 1.72. The maximum atomic E-state index is 8.81. The SMILES string of the molecule is N#Cc1ccc(-c2nc(C3Cc4ccccc4O3)no2)[nH]1. The Balaban J connectivity index is 1.60. The number of ether oxygens (including phenoxy) is 1. The molecule has 1 unspecified atom stereocenters. The highest BCUT2D eigenvalue weighted by Gasteiger charge is 2.28. The van der Waals surface area contributed by atoms with Crippen molar-refractivity contribution in [1.29, 1.82) is 5.26 Å². The van der Waals surface area contributed by atoms with E-state index in [0.29, 0.717) is 23.1 Å². The molecule has 21 heavy (non-hydrogen) atoms. The summed E-state index contributed by atoms with van der Waals surface area (Å²) in [6, 6.07) is 13.3. The number of hydrogen-bond donors (Lipinski definition) is 1. The van der Waals surface area contributed by atoms with E-state index >= 15 is 0 Å². The van der Waals surface area contributed by atoms with Crippen molar-refractivity contribution in [3.05, 3.63) is 53.5 Å². The second-order valence-corrected chi connectivity index (χ2v) is 4.77. The first-order valence-electron chi connectivity index (χ1n) is 6.51. The molecule has 0 bridgehead atoms. The van der Waals surface area contributed by atoms with E-state index in [1.54, 1.807) is 12.1 Å². The Bertz CT molecular complexity index is 818. The van der Waals surface area contributed by atoms with Crippen LogP contribution in [0.25, 0.3) is 11.6 Å². The number of nitriles is 1. The van der Waals surface area contributed by atoms with Crippen LogP contribution in [-0.2, 0) is 6.42 Å². The lowest BCUT2D eigenvalue weighted by atomic mass is 10.1. The fraction of sp³-hybridized carbons (Fsp3) is 0.133.